The second kappa shape index (κ2) is 5.66. The maximum absolute atomic E-state index is 9.00. The molecule has 1 aromatic heterocycles. The van der Waals surface area contributed by atoms with Crippen molar-refractivity contribution in [3.63, 3.8) is 0 Å². The lowest BCUT2D eigenvalue weighted by molar-refractivity contribution is 0.278. The maximum Gasteiger partial charge on any atom is 0.135 e. The lowest BCUT2D eigenvalue weighted by atomic mass is 10.2. The predicted molar refractivity (Wildman–Crippen MR) is 65.9 cm³/mol. The minimum atomic E-state index is 0.00481. The zero-order valence-corrected chi connectivity index (χ0v) is 9.89. The molecule has 3 nitrogen and oxygen atoms in total. The smallest absolute Gasteiger partial charge is 0.135 e. The molecule has 0 aliphatic heterocycles. The Balaban J connectivity index is 2.05. The third-order valence-corrected chi connectivity index (χ3v) is 2.65. The average molecular weight is 250 g/mol. The van der Waals surface area contributed by atoms with Crippen molar-refractivity contribution < 1.29 is 9.84 Å². The molecule has 0 amide bonds. The predicted octanol–water partition coefficient (Wildman–Crippen LogP) is 2.81. The van der Waals surface area contributed by atoms with Gasteiger partial charge >= 0.3 is 0 Å². The first-order valence-corrected chi connectivity index (χ1v) is 5.59. The molecule has 0 saturated heterocycles. The molecule has 88 valence electrons. The van der Waals surface area contributed by atoms with Gasteiger partial charge in [-0.1, -0.05) is 29.8 Å². The van der Waals surface area contributed by atoms with Crippen LogP contribution in [-0.2, 0) is 13.2 Å². The van der Waals surface area contributed by atoms with Crippen LogP contribution in [0.3, 0.4) is 0 Å². The number of nitrogens with zero attached hydrogens (tertiary/aromatic N) is 1. The number of ether oxygens (including phenoxy) is 1. The first-order chi connectivity index (χ1) is 8.29. The largest absolute Gasteiger partial charge is 0.489 e. The van der Waals surface area contributed by atoms with Crippen LogP contribution in [0.1, 0.15) is 11.1 Å². The Kier molecular flexibility index (Phi) is 3.96. The quantitative estimate of drug-likeness (QED) is 0.848. The third-order valence-electron chi connectivity index (χ3n) is 2.31. The monoisotopic (exact) mass is 249 g/mol. The number of rotatable bonds is 4. The van der Waals surface area contributed by atoms with E-state index in [1.165, 1.54) is 0 Å². The van der Waals surface area contributed by atoms with Crippen molar-refractivity contribution in [2.45, 2.75) is 13.2 Å². The molecule has 0 unspecified atom stereocenters. The van der Waals surface area contributed by atoms with Gasteiger partial charge in [0, 0.05) is 11.8 Å². The highest BCUT2D eigenvalue weighted by molar-refractivity contribution is 6.30. The van der Waals surface area contributed by atoms with Crippen LogP contribution in [0.5, 0.6) is 5.75 Å². The van der Waals surface area contributed by atoms with Crippen LogP contribution < -0.4 is 4.74 Å². The highest BCUT2D eigenvalue weighted by Crippen LogP contribution is 2.17. The van der Waals surface area contributed by atoms with Crippen molar-refractivity contribution in [1.29, 1.82) is 0 Å². The van der Waals surface area contributed by atoms with E-state index in [0.29, 0.717) is 17.5 Å². The standard InChI is InChI=1S/C13H12ClNO2/c14-13-11(4-2-6-15-13)9-17-12-5-1-3-10(7-12)8-16/h1-7,16H,8-9H2. The Morgan fingerprint density at radius 3 is 2.88 bits per heavy atom. The summed E-state index contributed by atoms with van der Waals surface area (Å²) in [4.78, 5) is 3.97. The van der Waals surface area contributed by atoms with Gasteiger partial charge in [0.25, 0.3) is 0 Å². The van der Waals surface area contributed by atoms with Crippen molar-refractivity contribution >= 4 is 11.6 Å². The Morgan fingerprint density at radius 1 is 1.24 bits per heavy atom. The second-order valence-corrected chi connectivity index (χ2v) is 3.91. The molecule has 0 fully saturated rings. The zero-order chi connectivity index (χ0) is 12.1. The van der Waals surface area contributed by atoms with Crippen LogP contribution in [0.4, 0.5) is 0 Å². The van der Waals surface area contributed by atoms with Crippen molar-refractivity contribution in [2.24, 2.45) is 0 Å². The van der Waals surface area contributed by atoms with E-state index in [2.05, 4.69) is 4.98 Å². The van der Waals surface area contributed by atoms with Crippen LogP contribution >= 0.6 is 11.6 Å². The van der Waals surface area contributed by atoms with Gasteiger partial charge in [0.2, 0.25) is 0 Å². The van der Waals surface area contributed by atoms with Crippen LogP contribution in [0.25, 0.3) is 0 Å². The molecule has 1 heterocycles. The molecule has 4 heteroatoms. The van der Waals surface area contributed by atoms with Gasteiger partial charge < -0.3 is 9.84 Å². The molecule has 0 atom stereocenters. The summed E-state index contributed by atoms with van der Waals surface area (Å²) in [7, 11) is 0. The number of aliphatic hydroxyl groups excluding tert-OH is 1. The Labute approximate surface area is 105 Å². The fourth-order valence-electron chi connectivity index (χ4n) is 1.42. The van der Waals surface area contributed by atoms with Gasteiger partial charge in [-0.15, -0.1) is 0 Å². The SMILES string of the molecule is OCc1cccc(OCc2cccnc2Cl)c1. The first kappa shape index (κ1) is 11.9. The number of aliphatic hydroxyl groups is 1. The van der Waals surface area contributed by atoms with E-state index in [1.54, 1.807) is 12.3 Å². The van der Waals surface area contributed by atoms with Gasteiger partial charge in [-0.3, -0.25) is 0 Å². The molecule has 0 saturated carbocycles. The van der Waals surface area contributed by atoms with E-state index in [4.69, 9.17) is 21.4 Å². The average Bonchev–Trinajstić information content (AvgIpc) is 2.38. The fourth-order valence-corrected chi connectivity index (χ4v) is 1.60. The molecular weight excluding hydrogens is 238 g/mol. The molecule has 2 rings (SSSR count). The Hall–Kier alpha value is -1.58. The third kappa shape index (κ3) is 3.19. The Bertz CT molecular complexity index is 502. The van der Waals surface area contributed by atoms with Crippen LogP contribution in [0, 0.1) is 0 Å². The number of halogens is 1. The van der Waals surface area contributed by atoms with E-state index in [0.717, 1.165) is 11.1 Å². The van der Waals surface area contributed by atoms with E-state index in [1.807, 2.05) is 30.3 Å². The molecule has 0 aliphatic rings. The lowest BCUT2D eigenvalue weighted by Crippen LogP contribution is -1.97. The Morgan fingerprint density at radius 2 is 2.12 bits per heavy atom. The van der Waals surface area contributed by atoms with Crippen LogP contribution in [0.2, 0.25) is 5.15 Å². The summed E-state index contributed by atoms with van der Waals surface area (Å²) in [6.07, 6.45) is 1.64. The van der Waals surface area contributed by atoms with Gasteiger partial charge in [0.15, 0.2) is 0 Å². The summed E-state index contributed by atoms with van der Waals surface area (Å²) in [5, 5.41) is 9.45. The van der Waals surface area contributed by atoms with E-state index >= 15 is 0 Å². The summed E-state index contributed by atoms with van der Waals surface area (Å²) < 4.78 is 5.58. The summed E-state index contributed by atoms with van der Waals surface area (Å²) >= 11 is 5.92. The van der Waals surface area contributed by atoms with Gasteiger partial charge in [-0.25, -0.2) is 4.98 Å². The molecule has 0 bridgehead atoms. The minimum absolute atomic E-state index is 0.00481. The molecular formula is C13H12ClNO2. The topological polar surface area (TPSA) is 42.4 Å². The van der Waals surface area contributed by atoms with Crippen LogP contribution in [-0.4, -0.2) is 10.1 Å². The summed E-state index contributed by atoms with van der Waals surface area (Å²) in [5.41, 5.74) is 1.66. The second-order valence-electron chi connectivity index (χ2n) is 3.55. The molecule has 2 aromatic rings. The van der Waals surface area contributed by atoms with Crippen LogP contribution in [0.15, 0.2) is 42.6 Å². The van der Waals surface area contributed by atoms with E-state index < -0.39 is 0 Å². The molecule has 0 aliphatic carbocycles. The molecule has 1 N–H and O–H groups in total. The number of pyridine rings is 1. The fraction of sp³-hybridized carbons (Fsp3) is 0.154. The van der Waals surface area contributed by atoms with Gasteiger partial charge in [-0.2, -0.15) is 0 Å². The number of hydrogen-bond donors (Lipinski definition) is 1. The molecule has 0 radical (unpaired) electrons. The number of aromatic nitrogens is 1. The van der Waals surface area contributed by atoms with Gasteiger partial charge in [0.05, 0.1) is 6.61 Å². The zero-order valence-electron chi connectivity index (χ0n) is 9.14. The first-order valence-electron chi connectivity index (χ1n) is 5.21. The van der Waals surface area contributed by atoms with Gasteiger partial charge in [0.1, 0.15) is 17.5 Å². The summed E-state index contributed by atoms with van der Waals surface area (Å²) in [6, 6.07) is 11.0. The highest BCUT2D eigenvalue weighted by atomic mass is 35.5. The van der Waals surface area contributed by atoms with Crippen molar-refractivity contribution in [3.05, 3.63) is 58.9 Å². The van der Waals surface area contributed by atoms with E-state index in [9.17, 15) is 0 Å². The lowest BCUT2D eigenvalue weighted by Gasteiger charge is -2.08. The van der Waals surface area contributed by atoms with E-state index in [-0.39, 0.29) is 6.61 Å². The highest BCUT2D eigenvalue weighted by Gasteiger charge is 2.02. The number of benzene rings is 1. The molecule has 1 aromatic carbocycles. The van der Waals surface area contributed by atoms with Crippen molar-refractivity contribution in [1.82, 2.24) is 4.98 Å². The maximum atomic E-state index is 9.00. The summed E-state index contributed by atoms with van der Waals surface area (Å²) in [6.45, 7) is 0.367. The van der Waals surface area contributed by atoms with Gasteiger partial charge in [-0.05, 0) is 23.8 Å². The number of hydrogen-bond acceptors (Lipinski definition) is 3. The van der Waals surface area contributed by atoms with Crippen molar-refractivity contribution in [3.8, 4) is 5.75 Å². The minimum Gasteiger partial charge on any atom is -0.489 e. The molecule has 17 heavy (non-hydrogen) atoms. The summed E-state index contributed by atoms with van der Waals surface area (Å²) in [5.74, 6) is 0.705. The van der Waals surface area contributed by atoms with Crippen molar-refractivity contribution in [2.75, 3.05) is 0 Å². The normalized spacial score (nSPS) is 10.2. The molecule has 0 spiro atoms.